The lowest BCUT2D eigenvalue weighted by atomic mass is 9.77. The molecule has 1 fully saturated rings. The van der Waals surface area contributed by atoms with Gasteiger partial charge in [-0.1, -0.05) is 0 Å². The molecule has 0 amide bonds. The molecule has 0 atom stereocenters. The molecule has 2 N–H and O–H groups in total. The van der Waals surface area contributed by atoms with Crippen LogP contribution in [-0.2, 0) is 13.6 Å². The van der Waals surface area contributed by atoms with Crippen LogP contribution >= 0.6 is 0 Å². The van der Waals surface area contributed by atoms with Gasteiger partial charge in [-0.05, 0) is 30.9 Å². The van der Waals surface area contributed by atoms with Crippen molar-refractivity contribution in [2.45, 2.75) is 31.3 Å². The van der Waals surface area contributed by atoms with E-state index in [1.54, 1.807) is 0 Å². The molecule has 1 aromatic rings. The third kappa shape index (κ3) is 1.97. The topological polar surface area (TPSA) is 61.0 Å². The van der Waals surface area contributed by atoms with Gasteiger partial charge < -0.3 is 15.0 Å². The molecule has 0 bridgehead atoms. The van der Waals surface area contributed by atoms with E-state index in [0.717, 1.165) is 24.9 Å². The molecule has 4 heteroatoms. The molecule has 1 heterocycles. The van der Waals surface area contributed by atoms with Crippen LogP contribution in [-0.4, -0.2) is 21.8 Å². The van der Waals surface area contributed by atoms with Gasteiger partial charge in [0.25, 0.3) is 0 Å². The van der Waals surface area contributed by atoms with Gasteiger partial charge in [0.05, 0.1) is 6.61 Å². The summed E-state index contributed by atoms with van der Waals surface area (Å²) in [7, 11) is 1.87. The summed E-state index contributed by atoms with van der Waals surface area (Å²) in [6.07, 6.45) is 5.23. The van der Waals surface area contributed by atoms with Crippen LogP contribution in [0.25, 0.3) is 0 Å². The molecule has 0 spiro atoms. The van der Waals surface area contributed by atoms with Crippen LogP contribution < -0.4 is 5.32 Å². The highest BCUT2D eigenvalue weighted by Crippen LogP contribution is 2.31. The molecule has 0 aliphatic heterocycles. The van der Waals surface area contributed by atoms with Gasteiger partial charge in [0.15, 0.2) is 0 Å². The summed E-state index contributed by atoms with van der Waals surface area (Å²) in [5.41, 5.74) is 1.70. The Bertz CT molecular complexity index is 407. The summed E-state index contributed by atoms with van der Waals surface area (Å²) in [6, 6.07) is 4.03. The number of hydrogen-bond donors (Lipinski definition) is 2. The number of aryl methyl sites for hydroxylation is 1. The minimum Gasteiger partial charge on any atom is -0.394 e. The molecule has 2 rings (SSSR count). The molecule has 1 aromatic heterocycles. The van der Waals surface area contributed by atoms with Crippen molar-refractivity contribution in [3.05, 3.63) is 23.5 Å². The Kier molecular flexibility index (Phi) is 2.99. The van der Waals surface area contributed by atoms with E-state index in [1.165, 1.54) is 6.42 Å². The lowest BCUT2D eigenvalue weighted by Gasteiger charge is -2.41. The SMILES string of the molecule is Cn1cc(CNC2(CO)CCC2)cc1C#N. The molecular formula is C12H17N3O. The zero-order chi connectivity index (χ0) is 11.6. The predicted molar refractivity (Wildman–Crippen MR) is 60.6 cm³/mol. The number of rotatable bonds is 4. The minimum absolute atomic E-state index is 0.0668. The van der Waals surface area contributed by atoms with Gasteiger partial charge in [0, 0.05) is 25.3 Å². The van der Waals surface area contributed by atoms with Crippen LogP contribution in [0.3, 0.4) is 0 Å². The summed E-state index contributed by atoms with van der Waals surface area (Å²) < 4.78 is 1.82. The largest absolute Gasteiger partial charge is 0.394 e. The third-order valence-corrected chi connectivity index (χ3v) is 3.46. The normalized spacial score (nSPS) is 17.8. The van der Waals surface area contributed by atoms with Crippen molar-refractivity contribution in [1.29, 1.82) is 5.26 Å². The number of nitrogens with zero attached hydrogens (tertiary/aromatic N) is 2. The fourth-order valence-corrected chi connectivity index (χ4v) is 2.12. The van der Waals surface area contributed by atoms with E-state index < -0.39 is 0 Å². The van der Waals surface area contributed by atoms with E-state index >= 15 is 0 Å². The van der Waals surface area contributed by atoms with Gasteiger partial charge in [-0.3, -0.25) is 0 Å². The number of aromatic nitrogens is 1. The molecule has 86 valence electrons. The molecule has 0 unspecified atom stereocenters. The smallest absolute Gasteiger partial charge is 0.120 e. The predicted octanol–water partition coefficient (Wildman–Crippen LogP) is 0.901. The Balaban J connectivity index is 1.97. The maximum atomic E-state index is 9.30. The van der Waals surface area contributed by atoms with E-state index in [0.29, 0.717) is 5.69 Å². The van der Waals surface area contributed by atoms with E-state index in [1.807, 2.05) is 23.9 Å². The fourth-order valence-electron chi connectivity index (χ4n) is 2.12. The maximum Gasteiger partial charge on any atom is 0.120 e. The van der Waals surface area contributed by atoms with Crippen LogP contribution in [0, 0.1) is 11.3 Å². The van der Waals surface area contributed by atoms with Crippen LogP contribution in [0.15, 0.2) is 12.3 Å². The Morgan fingerprint density at radius 1 is 1.62 bits per heavy atom. The fraction of sp³-hybridized carbons (Fsp3) is 0.583. The number of hydrogen-bond acceptors (Lipinski definition) is 3. The van der Waals surface area contributed by atoms with Crippen LogP contribution in [0.5, 0.6) is 0 Å². The Morgan fingerprint density at radius 2 is 2.38 bits per heavy atom. The van der Waals surface area contributed by atoms with Crippen LogP contribution in [0.4, 0.5) is 0 Å². The molecule has 0 saturated heterocycles. The zero-order valence-electron chi connectivity index (χ0n) is 9.53. The molecule has 1 aliphatic rings. The second-order valence-corrected chi connectivity index (χ2v) is 4.60. The van der Waals surface area contributed by atoms with Gasteiger partial charge in [-0.25, -0.2) is 0 Å². The summed E-state index contributed by atoms with van der Waals surface area (Å²) in [4.78, 5) is 0. The molecule has 16 heavy (non-hydrogen) atoms. The van der Waals surface area contributed by atoms with E-state index in [2.05, 4.69) is 11.4 Å². The van der Waals surface area contributed by atoms with Crippen molar-refractivity contribution in [3.8, 4) is 6.07 Å². The number of nitriles is 1. The van der Waals surface area contributed by atoms with Crippen LogP contribution in [0.1, 0.15) is 30.5 Å². The van der Waals surface area contributed by atoms with Crippen molar-refractivity contribution in [3.63, 3.8) is 0 Å². The Labute approximate surface area is 95.5 Å². The highest BCUT2D eigenvalue weighted by molar-refractivity contribution is 5.28. The van der Waals surface area contributed by atoms with Crippen molar-refractivity contribution in [1.82, 2.24) is 9.88 Å². The first kappa shape index (κ1) is 11.2. The Morgan fingerprint density at radius 3 is 2.81 bits per heavy atom. The minimum atomic E-state index is -0.0668. The molecular weight excluding hydrogens is 202 g/mol. The quantitative estimate of drug-likeness (QED) is 0.791. The molecule has 1 saturated carbocycles. The van der Waals surface area contributed by atoms with Crippen LogP contribution in [0.2, 0.25) is 0 Å². The Hall–Kier alpha value is -1.31. The van der Waals surface area contributed by atoms with Gasteiger partial charge in [-0.2, -0.15) is 5.26 Å². The van der Waals surface area contributed by atoms with E-state index in [9.17, 15) is 5.11 Å². The zero-order valence-corrected chi connectivity index (χ0v) is 9.53. The number of aliphatic hydroxyl groups excluding tert-OH is 1. The van der Waals surface area contributed by atoms with Gasteiger partial charge in [0.1, 0.15) is 11.8 Å². The molecule has 0 aromatic carbocycles. The van der Waals surface area contributed by atoms with Crippen molar-refractivity contribution < 1.29 is 5.11 Å². The summed E-state index contributed by atoms with van der Waals surface area (Å²) in [6.45, 7) is 0.918. The summed E-state index contributed by atoms with van der Waals surface area (Å²) >= 11 is 0. The molecule has 1 aliphatic carbocycles. The van der Waals surface area contributed by atoms with Crippen molar-refractivity contribution in [2.24, 2.45) is 7.05 Å². The second-order valence-electron chi connectivity index (χ2n) is 4.60. The number of nitrogens with one attached hydrogen (secondary N) is 1. The third-order valence-electron chi connectivity index (χ3n) is 3.46. The first-order chi connectivity index (χ1) is 7.69. The first-order valence-electron chi connectivity index (χ1n) is 5.60. The average molecular weight is 219 g/mol. The lowest BCUT2D eigenvalue weighted by molar-refractivity contribution is 0.0872. The van der Waals surface area contributed by atoms with E-state index in [-0.39, 0.29) is 12.1 Å². The summed E-state index contributed by atoms with van der Waals surface area (Å²) in [5, 5.41) is 21.5. The average Bonchev–Trinajstić information content (AvgIpc) is 2.58. The van der Waals surface area contributed by atoms with Gasteiger partial charge in [-0.15, -0.1) is 0 Å². The van der Waals surface area contributed by atoms with Crippen molar-refractivity contribution in [2.75, 3.05) is 6.61 Å². The summed E-state index contributed by atoms with van der Waals surface area (Å²) in [5.74, 6) is 0. The van der Waals surface area contributed by atoms with E-state index in [4.69, 9.17) is 5.26 Å². The highest BCUT2D eigenvalue weighted by Gasteiger charge is 2.35. The van der Waals surface area contributed by atoms with Gasteiger partial charge in [0.2, 0.25) is 0 Å². The number of aliphatic hydroxyl groups is 1. The standard InChI is InChI=1S/C12H17N3O/c1-15-8-10(5-11(15)6-13)7-14-12(9-16)3-2-4-12/h5,8,14,16H,2-4,7,9H2,1H3. The van der Waals surface area contributed by atoms with Crippen molar-refractivity contribution >= 4 is 0 Å². The molecule has 0 radical (unpaired) electrons. The van der Waals surface area contributed by atoms with Gasteiger partial charge >= 0.3 is 0 Å². The highest BCUT2D eigenvalue weighted by atomic mass is 16.3. The monoisotopic (exact) mass is 219 g/mol. The first-order valence-corrected chi connectivity index (χ1v) is 5.60. The lowest BCUT2D eigenvalue weighted by Crippen LogP contribution is -2.53. The molecule has 4 nitrogen and oxygen atoms in total. The second kappa shape index (κ2) is 4.28. The maximum absolute atomic E-state index is 9.30.